The molecule has 0 saturated heterocycles. The first-order valence-electron chi connectivity index (χ1n) is 4.85. The molecule has 0 N–H and O–H groups in total. The number of carbonyl (C=O) groups is 1. The highest BCUT2D eigenvalue weighted by molar-refractivity contribution is 6.20. The molecule has 0 aromatic carbocycles. The van der Waals surface area contributed by atoms with Gasteiger partial charge in [-0.2, -0.15) is 0 Å². The molecule has 1 unspecified atom stereocenters. The van der Waals surface area contributed by atoms with Crippen LogP contribution in [0.1, 0.15) is 34.1 Å². The first-order chi connectivity index (χ1) is 6.35. The fraction of sp³-hybridized carbons (Fsp3) is 0.900. The third-order valence-corrected chi connectivity index (χ3v) is 2.89. The molecule has 0 heterocycles. The summed E-state index contributed by atoms with van der Waals surface area (Å²) in [6, 6.07) is 0. The summed E-state index contributed by atoms with van der Waals surface area (Å²) >= 11 is 11.7. The maximum absolute atomic E-state index is 11.7. The normalized spacial score (nSPS) is 13.9. The molecule has 0 aromatic rings. The largest absolute Gasteiger partial charge is 0.335 e. The Balaban J connectivity index is 4.63. The number of nitrogens with zero attached hydrogens (tertiary/aromatic N) is 1. The number of carbonyl (C=O) groups excluding carboxylic acids is 1. The molecule has 0 aliphatic rings. The van der Waals surface area contributed by atoms with Gasteiger partial charge >= 0.3 is 0 Å². The van der Waals surface area contributed by atoms with Crippen molar-refractivity contribution in [3.05, 3.63) is 0 Å². The Hall–Kier alpha value is 0.0500. The van der Waals surface area contributed by atoms with Crippen molar-refractivity contribution in [3.63, 3.8) is 0 Å². The van der Waals surface area contributed by atoms with Crippen molar-refractivity contribution in [2.75, 3.05) is 12.4 Å². The predicted molar refractivity (Wildman–Crippen MR) is 62.1 cm³/mol. The van der Waals surface area contributed by atoms with E-state index in [1.54, 1.807) is 4.90 Å². The average Bonchev–Trinajstić information content (AvgIpc) is 2.12. The van der Waals surface area contributed by atoms with Gasteiger partial charge in [-0.3, -0.25) is 4.79 Å². The quantitative estimate of drug-likeness (QED) is 0.676. The molecule has 0 radical (unpaired) electrons. The Kier molecular flexibility index (Phi) is 5.84. The molecule has 0 aliphatic carbocycles. The molecule has 1 atom stereocenters. The maximum atomic E-state index is 11.7. The monoisotopic (exact) mass is 239 g/mol. The minimum absolute atomic E-state index is 0.0482. The van der Waals surface area contributed by atoms with Gasteiger partial charge in [0.05, 0.1) is 5.54 Å². The Morgan fingerprint density at radius 1 is 1.50 bits per heavy atom. The summed E-state index contributed by atoms with van der Waals surface area (Å²) in [4.78, 5) is 13.4. The van der Waals surface area contributed by atoms with Crippen molar-refractivity contribution in [3.8, 4) is 0 Å². The topological polar surface area (TPSA) is 20.3 Å². The first kappa shape index (κ1) is 14.1. The molecule has 0 rings (SSSR count). The standard InChI is InChI=1S/C10H19Cl2NO/c1-5-9(14)13(6-8(2)12)10(3,4)7-11/h8H,5-7H2,1-4H3. The number of hydrogen-bond donors (Lipinski definition) is 0. The van der Waals surface area contributed by atoms with Crippen molar-refractivity contribution in [2.45, 2.75) is 45.0 Å². The van der Waals surface area contributed by atoms with Crippen LogP contribution in [0.25, 0.3) is 0 Å². The van der Waals surface area contributed by atoms with E-state index >= 15 is 0 Å². The Morgan fingerprint density at radius 3 is 2.29 bits per heavy atom. The van der Waals surface area contributed by atoms with Gasteiger partial charge in [-0.1, -0.05) is 6.92 Å². The van der Waals surface area contributed by atoms with E-state index in [-0.39, 0.29) is 16.8 Å². The van der Waals surface area contributed by atoms with Crippen molar-refractivity contribution in [1.29, 1.82) is 0 Å². The van der Waals surface area contributed by atoms with E-state index < -0.39 is 0 Å². The van der Waals surface area contributed by atoms with Crippen LogP contribution in [0.3, 0.4) is 0 Å². The Bertz CT molecular complexity index is 193. The van der Waals surface area contributed by atoms with Gasteiger partial charge in [0.25, 0.3) is 0 Å². The van der Waals surface area contributed by atoms with Crippen molar-refractivity contribution in [1.82, 2.24) is 4.90 Å². The minimum atomic E-state index is -0.322. The molecule has 0 fully saturated rings. The lowest BCUT2D eigenvalue weighted by Gasteiger charge is -2.38. The Morgan fingerprint density at radius 2 is 2.00 bits per heavy atom. The number of halogens is 2. The van der Waals surface area contributed by atoms with E-state index in [1.165, 1.54) is 0 Å². The second-order valence-corrected chi connectivity index (χ2v) is 5.10. The van der Waals surface area contributed by atoms with Gasteiger partial charge in [-0.05, 0) is 20.8 Å². The molecular formula is C10H19Cl2NO. The van der Waals surface area contributed by atoms with Crippen LogP contribution in [0.5, 0.6) is 0 Å². The van der Waals surface area contributed by atoms with Crippen LogP contribution in [-0.2, 0) is 4.79 Å². The zero-order valence-electron chi connectivity index (χ0n) is 9.31. The van der Waals surface area contributed by atoms with Crippen LogP contribution >= 0.6 is 23.2 Å². The van der Waals surface area contributed by atoms with Gasteiger partial charge in [-0.25, -0.2) is 0 Å². The number of amides is 1. The minimum Gasteiger partial charge on any atom is -0.335 e. The van der Waals surface area contributed by atoms with Gasteiger partial charge in [-0.15, -0.1) is 23.2 Å². The van der Waals surface area contributed by atoms with Crippen molar-refractivity contribution >= 4 is 29.1 Å². The highest BCUT2D eigenvalue weighted by Gasteiger charge is 2.29. The van der Waals surface area contributed by atoms with E-state index in [0.29, 0.717) is 18.8 Å². The molecule has 4 heteroatoms. The summed E-state index contributed by atoms with van der Waals surface area (Å²) in [5, 5.41) is -0.0482. The summed E-state index contributed by atoms with van der Waals surface area (Å²) in [6.07, 6.45) is 0.490. The van der Waals surface area contributed by atoms with E-state index in [4.69, 9.17) is 23.2 Å². The van der Waals surface area contributed by atoms with Crippen molar-refractivity contribution in [2.24, 2.45) is 0 Å². The van der Waals surface area contributed by atoms with Crippen LogP contribution in [-0.4, -0.2) is 34.1 Å². The van der Waals surface area contributed by atoms with E-state index in [2.05, 4.69) is 0 Å². The van der Waals surface area contributed by atoms with Gasteiger partial charge < -0.3 is 4.90 Å². The second kappa shape index (κ2) is 5.82. The number of hydrogen-bond acceptors (Lipinski definition) is 1. The smallest absolute Gasteiger partial charge is 0.222 e. The Labute approximate surface area is 96.6 Å². The first-order valence-corrected chi connectivity index (χ1v) is 5.82. The molecule has 84 valence electrons. The maximum Gasteiger partial charge on any atom is 0.222 e. The summed E-state index contributed by atoms with van der Waals surface area (Å²) in [7, 11) is 0. The lowest BCUT2D eigenvalue weighted by molar-refractivity contribution is -0.135. The second-order valence-electron chi connectivity index (χ2n) is 4.08. The zero-order chi connectivity index (χ0) is 11.4. The fourth-order valence-corrected chi connectivity index (χ4v) is 1.48. The molecule has 0 saturated carbocycles. The van der Waals surface area contributed by atoms with Gasteiger partial charge in [0.2, 0.25) is 5.91 Å². The van der Waals surface area contributed by atoms with E-state index in [9.17, 15) is 4.79 Å². The van der Waals surface area contributed by atoms with Gasteiger partial charge in [0.15, 0.2) is 0 Å². The molecule has 0 aromatic heterocycles. The molecule has 2 nitrogen and oxygen atoms in total. The summed E-state index contributed by atoms with van der Waals surface area (Å²) in [5.74, 6) is 0.519. The van der Waals surface area contributed by atoms with Gasteiger partial charge in [0.1, 0.15) is 0 Å². The SMILES string of the molecule is CCC(=O)N(CC(C)Cl)C(C)(C)CCl. The van der Waals surface area contributed by atoms with Gasteiger partial charge in [0, 0.05) is 24.2 Å². The van der Waals surface area contributed by atoms with E-state index in [0.717, 1.165) is 0 Å². The third-order valence-electron chi connectivity index (χ3n) is 2.10. The van der Waals surface area contributed by atoms with E-state index in [1.807, 2.05) is 27.7 Å². The van der Waals surface area contributed by atoms with Crippen LogP contribution in [0.4, 0.5) is 0 Å². The summed E-state index contributed by atoms with van der Waals surface area (Å²) in [5.41, 5.74) is -0.322. The number of rotatable bonds is 5. The number of alkyl halides is 2. The van der Waals surface area contributed by atoms with Crippen LogP contribution in [0.15, 0.2) is 0 Å². The molecule has 0 spiro atoms. The molecule has 1 amide bonds. The fourth-order valence-electron chi connectivity index (χ4n) is 1.20. The molecule has 0 bridgehead atoms. The molecule has 14 heavy (non-hydrogen) atoms. The highest BCUT2D eigenvalue weighted by Crippen LogP contribution is 2.19. The van der Waals surface area contributed by atoms with Crippen LogP contribution in [0, 0.1) is 0 Å². The third kappa shape index (κ3) is 4.05. The van der Waals surface area contributed by atoms with Crippen LogP contribution in [0.2, 0.25) is 0 Å². The zero-order valence-corrected chi connectivity index (χ0v) is 10.8. The summed E-state index contributed by atoms with van der Waals surface area (Å²) in [6.45, 7) is 8.17. The predicted octanol–water partition coefficient (Wildman–Crippen LogP) is 2.87. The van der Waals surface area contributed by atoms with Crippen molar-refractivity contribution < 1.29 is 4.79 Å². The highest BCUT2D eigenvalue weighted by atomic mass is 35.5. The molecule has 0 aliphatic heterocycles. The van der Waals surface area contributed by atoms with Crippen LogP contribution < -0.4 is 0 Å². The molecular weight excluding hydrogens is 221 g/mol. The lowest BCUT2D eigenvalue weighted by atomic mass is 10.0. The lowest BCUT2D eigenvalue weighted by Crippen LogP contribution is -2.50. The average molecular weight is 240 g/mol. The summed E-state index contributed by atoms with van der Waals surface area (Å²) < 4.78 is 0.